The molecule has 0 aliphatic heterocycles. The zero-order chi connectivity index (χ0) is 13.4. The summed E-state index contributed by atoms with van der Waals surface area (Å²) in [4.78, 5) is 0. The van der Waals surface area contributed by atoms with Gasteiger partial charge in [-0.15, -0.1) is 0 Å². The molecule has 0 heterocycles. The first kappa shape index (κ1) is 21.9. The summed E-state index contributed by atoms with van der Waals surface area (Å²) in [5, 5.41) is 0. The number of hydrogen-bond donors (Lipinski definition) is 0. The van der Waals surface area contributed by atoms with E-state index in [0.29, 0.717) is 26.4 Å². The van der Waals surface area contributed by atoms with Gasteiger partial charge >= 0.3 is 13.4 Å². The smallest absolute Gasteiger partial charge is 0.309 e. The summed E-state index contributed by atoms with van der Waals surface area (Å²) in [6.07, 6.45) is 0. The third kappa shape index (κ3) is 8.73. The largest absolute Gasteiger partial charge is 0.334 e. The standard InChI is InChI=1S/C8H20O5P2S2.Al.3H/c1-5-9-14(16,10-6-2)13-15(17,11-7-3)12-8-4;;;;/h5-8H2,1-4H3;;;;. The molecule has 0 fully saturated rings. The first-order valence-corrected chi connectivity index (χ1v) is 10.6. The Labute approximate surface area is 130 Å². The summed E-state index contributed by atoms with van der Waals surface area (Å²) in [5.41, 5.74) is 0. The van der Waals surface area contributed by atoms with Crippen LogP contribution in [0.3, 0.4) is 0 Å². The molecule has 0 aromatic heterocycles. The number of hydrogen-bond acceptors (Lipinski definition) is 7. The van der Waals surface area contributed by atoms with Crippen molar-refractivity contribution < 1.29 is 22.4 Å². The highest BCUT2D eigenvalue weighted by molar-refractivity contribution is 8.14. The van der Waals surface area contributed by atoms with Crippen LogP contribution in [-0.2, 0) is 46.0 Å². The third-order valence-corrected chi connectivity index (χ3v) is 7.71. The second-order valence-electron chi connectivity index (χ2n) is 2.65. The van der Waals surface area contributed by atoms with Gasteiger partial charge in [0.05, 0.1) is 26.4 Å². The predicted octanol–water partition coefficient (Wildman–Crippen LogP) is 2.41. The molecular formula is C8H23AlO5P2S2. The Hall–Kier alpha value is 1.63. The SMILES string of the molecule is CCOP(=S)(OCC)OP(=S)(OCC)OCC.[AlH3]. The van der Waals surface area contributed by atoms with E-state index in [9.17, 15) is 0 Å². The van der Waals surface area contributed by atoms with Crippen molar-refractivity contribution in [3.63, 3.8) is 0 Å². The van der Waals surface area contributed by atoms with E-state index >= 15 is 0 Å². The fourth-order valence-corrected chi connectivity index (χ4v) is 7.30. The van der Waals surface area contributed by atoms with E-state index in [0.717, 1.165) is 0 Å². The van der Waals surface area contributed by atoms with Gasteiger partial charge in [-0.1, -0.05) is 0 Å². The minimum absolute atomic E-state index is 0. The van der Waals surface area contributed by atoms with Crippen molar-refractivity contribution in [1.29, 1.82) is 0 Å². The Morgan fingerprint density at radius 1 is 0.667 bits per heavy atom. The summed E-state index contributed by atoms with van der Waals surface area (Å²) in [5.74, 6) is 0. The fraction of sp³-hybridized carbons (Fsp3) is 1.00. The molecule has 0 unspecified atom stereocenters. The van der Waals surface area contributed by atoms with Gasteiger partial charge in [0.1, 0.15) is 0 Å². The first-order chi connectivity index (χ1) is 7.95. The van der Waals surface area contributed by atoms with E-state index in [1.807, 2.05) is 27.7 Å². The van der Waals surface area contributed by atoms with Crippen LogP contribution in [0.5, 0.6) is 0 Å². The topological polar surface area (TPSA) is 46.2 Å². The molecule has 5 nitrogen and oxygen atoms in total. The Morgan fingerprint density at radius 2 is 0.889 bits per heavy atom. The van der Waals surface area contributed by atoms with Crippen molar-refractivity contribution in [2.45, 2.75) is 27.7 Å². The molecule has 10 heteroatoms. The molecule has 0 amide bonds. The van der Waals surface area contributed by atoms with Crippen molar-refractivity contribution in [3.05, 3.63) is 0 Å². The summed E-state index contributed by atoms with van der Waals surface area (Å²) in [6, 6.07) is 0. The van der Waals surface area contributed by atoms with Gasteiger partial charge in [-0.3, -0.25) is 0 Å². The molecule has 0 aliphatic rings. The molecular weight excluding hydrogens is 329 g/mol. The quantitative estimate of drug-likeness (QED) is 0.442. The van der Waals surface area contributed by atoms with Crippen molar-refractivity contribution in [1.82, 2.24) is 0 Å². The summed E-state index contributed by atoms with van der Waals surface area (Å²) >= 11 is 10.4. The van der Waals surface area contributed by atoms with Gasteiger partial charge in [0.25, 0.3) is 0 Å². The monoisotopic (exact) mass is 352 g/mol. The van der Waals surface area contributed by atoms with E-state index in [2.05, 4.69) is 0 Å². The Kier molecular flexibility index (Phi) is 13.8. The third-order valence-electron chi connectivity index (χ3n) is 1.35. The minimum atomic E-state index is -2.87. The summed E-state index contributed by atoms with van der Waals surface area (Å²) in [7, 11) is 0. The van der Waals surface area contributed by atoms with E-state index in [1.165, 1.54) is 0 Å². The molecule has 0 atom stereocenters. The molecule has 18 heavy (non-hydrogen) atoms. The van der Waals surface area contributed by atoms with Crippen LogP contribution in [0.25, 0.3) is 0 Å². The molecule has 0 N–H and O–H groups in total. The van der Waals surface area contributed by atoms with Gasteiger partial charge in [-0.05, 0) is 51.3 Å². The lowest BCUT2D eigenvalue weighted by atomic mass is 10.9. The zero-order valence-electron chi connectivity index (χ0n) is 10.6. The molecule has 0 spiro atoms. The molecule has 0 aromatic rings. The predicted molar refractivity (Wildman–Crippen MR) is 86.1 cm³/mol. The second-order valence-corrected chi connectivity index (χ2v) is 8.81. The van der Waals surface area contributed by atoms with Crippen LogP contribution < -0.4 is 0 Å². The highest BCUT2D eigenvalue weighted by atomic mass is 32.5. The van der Waals surface area contributed by atoms with Crippen molar-refractivity contribution in [2.24, 2.45) is 0 Å². The van der Waals surface area contributed by atoms with Crippen LogP contribution in [0.15, 0.2) is 0 Å². The minimum Gasteiger partial charge on any atom is -0.309 e. The van der Waals surface area contributed by atoms with E-state index in [1.54, 1.807) is 0 Å². The molecule has 0 aromatic carbocycles. The van der Waals surface area contributed by atoms with Gasteiger partial charge < -0.3 is 18.1 Å². The highest BCUT2D eigenvalue weighted by Gasteiger charge is 2.31. The molecule has 0 aliphatic carbocycles. The lowest BCUT2D eigenvalue weighted by Gasteiger charge is -2.27. The maximum absolute atomic E-state index is 5.55. The molecule has 0 radical (unpaired) electrons. The van der Waals surface area contributed by atoms with Gasteiger partial charge in [0.15, 0.2) is 17.4 Å². The summed E-state index contributed by atoms with van der Waals surface area (Å²) in [6.45, 7) is 3.09. The zero-order valence-corrected chi connectivity index (χ0v) is 14.0. The first-order valence-electron chi connectivity index (χ1n) is 5.44. The molecule has 110 valence electrons. The van der Waals surface area contributed by atoms with Gasteiger partial charge in [0.2, 0.25) is 0 Å². The lowest BCUT2D eigenvalue weighted by molar-refractivity contribution is 0.176. The van der Waals surface area contributed by atoms with Gasteiger partial charge in [-0.2, -0.15) is 0 Å². The maximum atomic E-state index is 5.55. The van der Waals surface area contributed by atoms with E-state index in [4.69, 9.17) is 46.0 Å². The van der Waals surface area contributed by atoms with Crippen molar-refractivity contribution in [2.75, 3.05) is 26.4 Å². The van der Waals surface area contributed by atoms with Crippen LogP contribution in [0, 0.1) is 0 Å². The Bertz CT molecular complexity index is 257. The highest BCUT2D eigenvalue weighted by Crippen LogP contribution is 2.66. The van der Waals surface area contributed by atoms with Crippen LogP contribution in [-0.4, -0.2) is 43.8 Å². The Balaban J connectivity index is 0. The average Bonchev–Trinajstić information content (AvgIpc) is 2.17. The maximum Gasteiger partial charge on any atom is 0.334 e. The number of rotatable bonds is 10. The normalized spacial score (nSPS) is 12.2. The van der Waals surface area contributed by atoms with Crippen LogP contribution in [0.4, 0.5) is 0 Å². The Morgan fingerprint density at radius 3 is 1.06 bits per heavy atom. The summed E-state index contributed by atoms with van der Waals surface area (Å²) < 4.78 is 26.9. The van der Waals surface area contributed by atoms with Gasteiger partial charge in [0, 0.05) is 0 Å². The van der Waals surface area contributed by atoms with Gasteiger partial charge in [-0.25, -0.2) is 4.31 Å². The fourth-order valence-electron chi connectivity index (χ4n) is 0.924. The second kappa shape index (κ2) is 11.3. The van der Waals surface area contributed by atoms with Crippen LogP contribution in [0.2, 0.25) is 0 Å². The average molecular weight is 352 g/mol. The lowest BCUT2D eigenvalue weighted by Crippen LogP contribution is -2.03. The van der Waals surface area contributed by atoms with Crippen molar-refractivity contribution in [3.8, 4) is 0 Å². The molecule has 0 saturated carbocycles. The van der Waals surface area contributed by atoms with E-state index < -0.39 is 13.4 Å². The van der Waals surface area contributed by atoms with Crippen LogP contribution in [0.1, 0.15) is 27.7 Å². The van der Waals surface area contributed by atoms with Crippen molar-refractivity contribution >= 4 is 54.4 Å². The molecule has 0 bridgehead atoms. The molecule has 0 rings (SSSR count). The molecule has 0 saturated heterocycles. The van der Waals surface area contributed by atoms with E-state index in [-0.39, 0.29) is 17.4 Å². The van der Waals surface area contributed by atoms with Crippen LogP contribution >= 0.6 is 13.4 Å².